The number of nitrogens with one attached hydrogen (secondary N) is 1. The molecular formula is C17H18FNO4S. The maximum Gasteiger partial charge on any atom is 0.338 e. The quantitative estimate of drug-likeness (QED) is 0.779. The number of carbonyl (C=O) groups excluding carboxylic acids is 1. The fourth-order valence-electron chi connectivity index (χ4n) is 2.06. The van der Waals surface area contributed by atoms with Gasteiger partial charge in [-0.15, -0.1) is 0 Å². The Kier molecular flexibility index (Phi) is 5.92. The van der Waals surface area contributed by atoms with Crippen LogP contribution in [0.15, 0.2) is 48.5 Å². The maximum atomic E-state index is 13.5. The number of benzene rings is 2. The summed E-state index contributed by atoms with van der Waals surface area (Å²) in [4.78, 5) is 11.5. The Labute approximate surface area is 140 Å². The van der Waals surface area contributed by atoms with Crippen molar-refractivity contribution < 1.29 is 22.3 Å². The Balaban J connectivity index is 1.99. The lowest BCUT2D eigenvalue weighted by Gasteiger charge is -2.09. The van der Waals surface area contributed by atoms with Gasteiger partial charge in [0.05, 0.1) is 17.9 Å². The van der Waals surface area contributed by atoms with Crippen molar-refractivity contribution >= 4 is 21.7 Å². The molecule has 24 heavy (non-hydrogen) atoms. The zero-order valence-corrected chi connectivity index (χ0v) is 14.0. The third-order valence-electron chi connectivity index (χ3n) is 3.27. The highest BCUT2D eigenvalue weighted by Gasteiger charge is 2.13. The SMILES string of the molecule is CCOC(=O)c1ccc(NS(=O)(=O)CCc2ccccc2F)cc1. The second-order valence-electron chi connectivity index (χ2n) is 5.06. The molecule has 0 aliphatic heterocycles. The monoisotopic (exact) mass is 351 g/mol. The molecule has 0 aliphatic rings. The fourth-order valence-corrected chi connectivity index (χ4v) is 3.15. The van der Waals surface area contributed by atoms with E-state index in [0.29, 0.717) is 16.8 Å². The predicted molar refractivity (Wildman–Crippen MR) is 89.9 cm³/mol. The molecule has 0 bridgehead atoms. The first-order valence-corrected chi connectivity index (χ1v) is 9.07. The molecule has 128 valence electrons. The Hall–Kier alpha value is -2.41. The molecule has 0 aromatic heterocycles. The second-order valence-corrected chi connectivity index (χ2v) is 6.90. The smallest absolute Gasteiger partial charge is 0.338 e. The van der Waals surface area contributed by atoms with Crippen molar-refractivity contribution in [2.75, 3.05) is 17.1 Å². The van der Waals surface area contributed by atoms with Gasteiger partial charge in [-0.05, 0) is 49.2 Å². The molecule has 0 saturated carbocycles. The molecule has 2 aromatic carbocycles. The van der Waals surface area contributed by atoms with E-state index in [0.717, 1.165) is 0 Å². The summed E-state index contributed by atoms with van der Waals surface area (Å²) in [7, 11) is -3.63. The van der Waals surface area contributed by atoms with Gasteiger partial charge in [0.15, 0.2) is 0 Å². The number of sulfonamides is 1. The van der Waals surface area contributed by atoms with E-state index in [-0.39, 0.29) is 18.8 Å². The van der Waals surface area contributed by atoms with E-state index in [1.54, 1.807) is 25.1 Å². The Morgan fingerprint density at radius 2 is 1.79 bits per heavy atom. The van der Waals surface area contributed by atoms with E-state index in [2.05, 4.69) is 4.72 Å². The fraction of sp³-hybridized carbons (Fsp3) is 0.235. The Morgan fingerprint density at radius 1 is 1.12 bits per heavy atom. The Morgan fingerprint density at radius 3 is 2.42 bits per heavy atom. The first kappa shape index (κ1) is 17.9. The largest absolute Gasteiger partial charge is 0.462 e. The number of esters is 1. The van der Waals surface area contributed by atoms with E-state index in [9.17, 15) is 17.6 Å². The average molecular weight is 351 g/mol. The van der Waals surface area contributed by atoms with Crippen molar-refractivity contribution in [3.63, 3.8) is 0 Å². The normalized spacial score (nSPS) is 11.1. The Bertz CT molecular complexity index is 804. The van der Waals surface area contributed by atoms with Gasteiger partial charge in [0.2, 0.25) is 10.0 Å². The molecule has 2 aromatic rings. The van der Waals surface area contributed by atoms with Crippen LogP contribution < -0.4 is 4.72 Å². The van der Waals surface area contributed by atoms with Crippen LogP contribution in [0.4, 0.5) is 10.1 Å². The van der Waals surface area contributed by atoms with Gasteiger partial charge in [0.25, 0.3) is 0 Å². The molecule has 0 atom stereocenters. The van der Waals surface area contributed by atoms with Crippen molar-refractivity contribution in [1.29, 1.82) is 0 Å². The van der Waals surface area contributed by atoms with Crippen molar-refractivity contribution in [3.05, 3.63) is 65.5 Å². The minimum atomic E-state index is -3.63. The second kappa shape index (κ2) is 7.92. The molecule has 0 fully saturated rings. The maximum absolute atomic E-state index is 13.5. The van der Waals surface area contributed by atoms with E-state index < -0.39 is 21.8 Å². The van der Waals surface area contributed by atoms with E-state index in [1.807, 2.05) is 0 Å². The number of rotatable bonds is 7. The summed E-state index contributed by atoms with van der Waals surface area (Å²) in [5.74, 6) is -1.13. The summed E-state index contributed by atoms with van der Waals surface area (Å²) >= 11 is 0. The van der Waals surface area contributed by atoms with E-state index >= 15 is 0 Å². The lowest BCUT2D eigenvalue weighted by Crippen LogP contribution is -2.18. The van der Waals surface area contributed by atoms with Gasteiger partial charge in [-0.1, -0.05) is 18.2 Å². The first-order chi connectivity index (χ1) is 11.4. The molecule has 0 radical (unpaired) electrons. The van der Waals surface area contributed by atoms with Crippen LogP contribution in [0.2, 0.25) is 0 Å². The molecule has 0 saturated heterocycles. The summed E-state index contributed by atoms with van der Waals surface area (Å²) in [5, 5.41) is 0. The van der Waals surface area contributed by atoms with Crippen molar-refractivity contribution in [1.82, 2.24) is 0 Å². The lowest BCUT2D eigenvalue weighted by atomic mass is 10.2. The summed E-state index contributed by atoms with van der Waals surface area (Å²) < 4.78 is 44.9. The summed E-state index contributed by atoms with van der Waals surface area (Å²) in [6, 6.07) is 12.0. The minimum Gasteiger partial charge on any atom is -0.462 e. The van der Waals surface area contributed by atoms with Crippen LogP contribution in [0.25, 0.3) is 0 Å². The number of aryl methyl sites for hydroxylation is 1. The zero-order chi connectivity index (χ0) is 17.6. The topological polar surface area (TPSA) is 72.5 Å². The highest BCUT2D eigenvalue weighted by molar-refractivity contribution is 7.92. The van der Waals surface area contributed by atoms with Crippen molar-refractivity contribution in [3.8, 4) is 0 Å². The van der Waals surface area contributed by atoms with Crippen molar-refractivity contribution in [2.24, 2.45) is 0 Å². The summed E-state index contributed by atoms with van der Waals surface area (Å²) in [5.41, 5.74) is 1.02. The standard InChI is InChI=1S/C17H18FNO4S/c1-2-23-17(20)14-7-9-15(10-8-14)19-24(21,22)12-11-13-5-3-4-6-16(13)18/h3-10,19H,2,11-12H2,1H3. The molecule has 7 heteroatoms. The third kappa shape index (κ3) is 5.06. The van der Waals surface area contributed by atoms with E-state index in [4.69, 9.17) is 4.74 Å². The van der Waals surface area contributed by atoms with Gasteiger partial charge in [0.1, 0.15) is 5.82 Å². The van der Waals surface area contributed by atoms with Crippen LogP contribution in [0, 0.1) is 5.82 Å². The van der Waals surface area contributed by atoms with Crippen LogP contribution in [-0.2, 0) is 21.2 Å². The highest BCUT2D eigenvalue weighted by atomic mass is 32.2. The lowest BCUT2D eigenvalue weighted by molar-refractivity contribution is 0.0526. The zero-order valence-electron chi connectivity index (χ0n) is 13.2. The molecule has 5 nitrogen and oxygen atoms in total. The molecular weight excluding hydrogens is 333 g/mol. The molecule has 0 unspecified atom stereocenters. The van der Waals surface area contributed by atoms with Gasteiger partial charge in [-0.3, -0.25) is 4.72 Å². The third-order valence-corrected chi connectivity index (χ3v) is 4.56. The minimum absolute atomic E-state index is 0.0723. The van der Waals surface area contributed by atoms with Gasteiger partial charge in [0, 0.05) is 5.69 Å². The highest BCUT2D eigenvalue weighted by Crippen LogP contribution is 2.14. The average Bonchev–Trinajstić information content (AvgIpc) is 2.55. The molecule has 1 N–H and O–H groups in total. The van der Waals surface area contributed by atoms with Crippen LogP contribution in [-0.4, -0.2) is 26.7 Å². The number of ether oxygens (including phenoxy) is 1. The summed E-state index contributed by atoms with van der Waals surface area (Å²) in [6.45, 7) is 1.97. The van der Waals surface area contributed by atoms with Crippen molar-refractivity contribution in [2.45, 2.75) is 13.3 Å². The van der Waals surface area contributed by atoms with Crippen LogP contribution >= 0.6 is 0 Å². The molecule has 0 spiro atoms. The number of carbonyl (C=O) groups is 1. The van der Waals surface area contributed by atoms with Crippen LogP contribution in [0.3, 0.4) is 0 Å². The molecule has 0 aliphatic carbocycles. The van der Waals surface area contributed by atoms with Gasteiger partial charge >= 0.3 is 5.97 Å². The number of hydrogen-bond donors (Lipinski definition) is 1. The number of anilines is 1. The van der Waals surface area contributed by atoms with Gasteiger partial charge in [-0.25, -0.2) is 17.6 Å². The first-order valence-electron chi connectivity index (χ1n) is 7.42. The molecule has 2 rings (SSSR count). The van der Waals surface area contributed by atoms with Crippen LogP contribution in [0.1, 0.15) is 22.8 Å². The van der Waals surface area contributed by atoms with Gasteiger partial charge < -0.3 is 4.74 Å². The molecule has 0 amide bonds. The van der Waals surface area contributed by atoms with E-state index in [1.165, 1.54) is 30.3 Å². The molecule has 0 heterocycles. The van der Waals surface area contributed by atoms with Crippen LogP contribution in [0.5, 0.6) is 0 Å². The summed E-state index contributed by atoms with van der Waals surface area (Å²) in [6.07, 6.45) is 0.0723. The number of hydrogen-bond acceptors (Lipinski definition) is 4. The number of halogens is 1. The predicted octanol–water partition coefficient (Wildman–Crippen LogP) is 2.99. The van der Waals surface area contributed by atoms with Gasteiger partial charge in [-0.2, -0.15) is 0 Å².